The minimum Gasteiger partial charge on any atom is -0.493 e. The third kappa shape index (κ3) is 4.26. The molecule has 0 radical (unpaired) electrons. The maximum Gasteiger partial charge on any atom is 0.254 e. The van der Waals surface area contributed by atoms with Crippen LogP contribution in [0, 0.1) is 0 Å². The molecule has 3 rings (SSSR count). The molecular weight excluding hydrogens is 318 g/mol. The number of para-hydroxylation sites is 1. The number of nitrogens with zero attached hydrogens (tertiary/aromatic N) is 2. The molecule has 0 bridgehead atoms. The molecule has 0 aliphatic heterocycles. The van der Waals surface area contributed by atoms with Gasteiger partial charge in [-0.05, 0) is 25.3 Å². The predicted molar refractivity (Wildman–Crippen MR) is 94.0 cm³/mol. The lowest BCUT2D eigenvalue weighted by molar-refractivity contribution is 0.0949. The third-order valence-corrected chi connectivity index (χ3v) is 4.05. The molecule has 6 nitrogen and oxygen atoms in total. The molecule has 2 aromatic rings. The van der Waals surface area contributed by atoms with E-state index in [0.29, 0.717) is 36.1 Å². The van der Waals surface area contributed by atoms with E-state index in [1.54, 1.807) is 19.5 Å². The van der Waals surface area contributed by atoms with Gasteiger partial charge in [-0.15, -0.1) is 0 Å². The van der Waals surface area contributed by atoms with Gasteiger partial charge in [0, 0.05) is 30.4 Å². The average molecular weight is 341 g/mol. The highest BCUT2D eigenvalue weighted by molar-refractivity contribution is 5.93. The smallest absolute Gasteiger partial charge is 0.254 e. The first-order valence-corrected chi connectivity index (χ1v) is 8.61. The number of benzene rings is 1. The van der Waals surface area contributed by atoms with Crippen molar-refractivity contribution in [3.8, 4) is 11.5 Å². The van der Waals surface area contributed by atoms with Gasteiger partial charge < -0.3 is 14.8 Å². The maximum atomic E-state index is 12.3. The Kier molecular flexibility index (Phi) is 5.48. The fraction of sp³-hybridized carbons (Fsp3) is 0.421. The number of aromatic nitrogens is 2. The van der Waals surface area contributed by atoms with Gasteiger partial charge in [0.25, 0.3) is 5.91 Å². The second-order valence-electron chi connectivity index (χ2n) is 6.08. The largest absolute Gasteiger partial charge is 0.493 e. The summed E-state index contributed by atoms with van der Waals surface area (Å²) in [5, 5.41) is 2.89. The van der Waals surface area contributed by atoms with Crippen molar-refractivity contribution in [2.45, 2.75) is 38.6 Å². The van der Waals surface area contributed by atoms with Crippen molar-refractivity contribution in [3.63, 3.8) is 0 Å². The maximum absolute atomic E-state index is 12.3. The summed E-state index contributed by atoms with van der Waals surface area (Å²) in [4.78, 5) is 20.9. The van der Waals surface area contributed by atoms with Crippen molar-refractivity contribution in [1.82, 2.24) is 15.3 Å². The summed E-state index contributed by atoms with van der Waals surface area (Å²) < 4.78 is 11.2. The Labute approximate surface area is 147 Å². The van der Waals surface area contributed by atoms with Crippen LogP contribution in [0.5, 0.6) is 11.5 Å². The lowest BCUT2D eigenvalue weighted by Crippen LogP contribution is -2.23. The summed E-state index contributed by atoms with van der Waals surface area (Å²) >= 11 is 0. The van der Waals surface area contributed by atoms with Gasteiger partial charge in [0.1, 0.15) is 5.82 Å². The highest BCUT2D eigenvalue weighted by atomic mass is 16.5. The quantitative estimate of drug-likeness (QED) is 0.799. The van der Waals surface area contributed by atoms with Crippen LogP contribution in [-0.4, -0.2) is 29.6 Å². The molecule has 132 valence electrons. The number of hydrogen-bond acceptors (Lipinski definition) is 5. The van der Waals surface area contributed by atoms with Gasteiger partial charge in [0.2, 0.25) is 0 Å². The van der Waals surface area contributed by atoms with Crippen molar-refractivity contribution >= 4 is 5.91 Å². The van der Waals surface area contributed by atoms with E-state index in [1.807, 2.05) is 25.1 Å². The van der Waals surface area contributed by atoms with E-state index in [9.17, 15) is 4.79 Å². The van der Waals surface area contributed by atoms with Crippen LogP contribution in [0.4, 0.5) is 0 Å². The van der Waals surface area contributed by atoms with Gasteiger partial charge in [0.15, 0.2) is 11.5 Å². The molecule has 0 spiro atoms. The summed E-state index contributed by atoms with van der Waals surface area (Å²) in [5.41, 5.74) is 1.33. The topological polar surface area (TPSA) is 73.3 Å². The number of ether oxygens (including phenoxy) is 2. The van der Waals surface area contributed by atoms with E-state index in [1.165, 1.54) is 0 Å². The first kappa shape index (κ1) is 17.2. The van der Waals surface area contributed by atoms with Crippen LogP contribution in [0.15, 0.2) is 30.6 Å². The highest BCUT2D eigenvalue weighted by Crippen LogP contribution is 2.37. The fourth-order valence-corrected chi connectivity index (χ4v) is 2.51. The summed E-state index contributed by atoms with van der Waals surface area (Å²) in [6.45, 7) is 2.99. The van der Waals surface area contributed by atoms with Crippen molar-refractivity contribution in [1.29, 1.82) is 0 Å². The number of rotatable bonds is 8. The summed E-state index contributed by atoms with van der Waals surface area (Å²) in [7, 11) is 1.61. The van der Waals surface area contributed by atoms with Crippen LogP contribution in [0.3, 0.4) is 0 Å². The number of nitrogens with one attached hydrogen (secondary N) is 1. The highest BCUT2D eigenvalue weighted by Gasteiger charge is 2.26. The molecule has 1 aliphatic carbocycles. The Morgan fingerprint density at radius 2 is 2.04 bits per heavy atom. The predicted octanol–water partition coefficient (Wildman–Crippen LogP) is 3.08. The van der Waals surface area contributed by atoms with Crippen molar-refractivity contribution in [3.05, 3.63) is 47.5 Å². The molecule has 1 N–H and O–H groups in total. The van der Waals surface area contributed by atoms with Gasteiger partial charge in [-0.3, -0.25) is 4.79 Å². The van der Waals surface area contributed by atoms with E-state index in [-0.39, 0.29) is 5.91 Å². The van der Waals surface area contributed by atoms with Gasteiger partial charge in [0.05, 0.1) is 19.3 Å². The minimum atomic E-state index is -0.202. The van der Waals surface area contributed by atoms with Crippen LogP contribution in [-0.2, 0) is 6.54 Å². The van der Waals surface area contributed by atoms with Gasteiger partial charge in [-0.1, -0.05) is 19.1 Å². The first-order valence-electron chi connectivity index (χ1n) is 8.61. The van der Waals surface area contributed by atoms with Gasteiger partial charge in [-0.25, -0.2) is 9.97 Å². The van der Waals surface area contributed by atoms with Gasteiger partial charge >= 0.3 is 0 Å². The standard InChI is InChI=1S/C19H23N3O3/c1-3-9-25-17-14(5-4-6-16(17)24-2)10-22-19(23)15-11-20-18(21-12-15)13-7-8-13/h4-6,11-13H,3,7-10H2,1-2H3,(H,22,23). The van der Waals surface area contributed by atoms with E-state index in [2.05, 4.69) is 15.3 Å². The molecule has 0 atom stereocenters. The van der Waals surface area contributed by atoms with Crippen LogP contribution >= 0.6 is 0 Å². The van der Waals surface area contributed by atoms with Crippen LogP contribution in [0.25, 0.3) is 0 Å². The third-order valence-electron chi connectivity index (χ3n) is 4.05. The molecule has 6 heteroatoms. The number of hydrogen-bond donors (Lipinski definition) is 1. The molecule has 1 aromatic carbocycles. The molecular formula is C19H23N3O3. The van der Waals surface area contributed by atoms with Crippen molar-refractivity contribution < 1.29 is 14.3 Å². The lowest BCUT2D eigenvalue weighted by atomic mass is 10.1. The Hall–Kier alpha value is -2.63. The molecule has 1 saturated carbocycles. The summed E-state index contributed by atoms with van der Waals surface area (Å²) in [5.74, 6) is 2.45. The van der Waals surface area contributed by atoms with Crippen molar-refractivity contribution in [2.24, 2.45) is 0 Å². The summed E-state index contributed by atoms with van der Waals surface area (Å²) in [6.07, 6.45) is 6.37. The molecule has 25 heavy (non-hydrogen) atoms. The lowest BCUT2D eigenvalue weighted by Gasteiger charge is -2.15. The van der Waals surface area contributed by atoms with Crippen LogP contribution < -0.4 is 14.8 Å². The zero-order valence-electron chi connectivity index (χ0n) is 14.6. The Bertz CT molecular complexity index is 727. The van der Waals surface area contributed by atoms with Crippen LogP contribution in [0.2, 0.25) is 0 Å². The van der Waals surface area contributed by atoms with E-state index in [4.69, 9.17) is 9.47 Å². The van der Waals surface area contributed by atoms with E-state index < -0.39 is 0 Å². The molecule has 0 unspecified atom stereocenters. The number of carbonyl (C=O) groups excluding carboxylic acids is 1. The second kappa shape index (κ2) is 7.96. The molecule has 1 aliphatic rings. The van der Waals surface area contributed by atoms with Gasteiger partial charge in [-0.2, -0.15) is 0 Å². The Balaban J connectivity index is 1.66. The molecule has 1 aromatic heterocycles. The molecule has 1 amide bonds. The monoisotopic (exact) mass is 341 g/mol. The zero-order chi connectivity index (χ0) is 17.6. The van der Waals surface area contributed by atoms with Crippen molar-refractivity contribution in [2.75, 3.05) is 13.7 Å². The normalized spacial score (nSPS) is 13.4. The number of amides is 1. The molecule has 1 heterocycles. The number of methoxy groups -OCH3 is 1. The molecule has 1 fully saturated rings. The summed E-state index contributed by atoms with van der Waals surface area (Å²) in [6, 6.07) is 5.65. The Morgan fingerprint density at radius 1 is 1.28 bits per heavy atom. The fourth-order valence-electron chi connectivity index (χ4n) is 2.51. The minimum absolute atomic E-state index is 0.202. The Morgan fingerprint density at radius 3 is 2.68 bits per heavy atom. The zero-order valence-corrected chi connectivity index (χ0v) is 14.6. The first-order chi connectivity index (χ1) is 12.2. The second-order valence-corrected chi connectivity index (χ2v) is 6.08. The SMILES string of the molecule is CCCOc1c(CNC(=O)c2cnc(C3CC3)nc2)cccc1OC. The van der Waals surface area contributed by atoms with Crippen LogP contribution in [0.1, 0.15) is 53.8 Å². The average Bonchev–Trinajstić information content (AvgIpc) is 3.50. The van der Waals surface area contributed by atoms with E-state index >= 15 is 0 Å². The number of carbonyl (C=O) groups is 1. The molecule has 0 saturated heterocycles. The van der Waals surface area contributed by atoms with E-state index in [0.717, 1.165) is 30.7 Å².